The van der Waals surface area contributed by atoms with E-state index >= 15 is 0 Å². The van der Waals surface area contributed by atoms with E-state index in [1.807, 2.05) is 0 Å². The van der Waals surface area contributed by atoms with Crippen LogP contribution in [0.25, 0.3) is 0 Å². The van der Waals surface area contributed by atoms with E-state index in [9.17, 15) is 10.2 Å². The maximum atomic E-state index is 9.36. The first kappa shape index (κ1) is 9.80. The Hall–Kier alpha value is -0.740. The van der Waals surface area contributed by atoms with E-state index in [1.165, 1.54) is 0 Å². The number of rotatable bonds is 0. The van der Waals surface area contributed by atoms with Crippen LogP contribution in [-0.4, -0.2) is 27.2 Å². The fourth-order valence-corrected chi connectivity index (χ4v) is 2.08. The van der Waals surface area contributed by atoms with E-state index in [-0.39, 0.29) is 11.5 Å². The summed E-state index contributed by atoms with van der Waals surface area (Å²) in [5.74, 6) is -0.0430. The Morgan fingerprint density at radius 1 is 1.00 bits per heavy atom. The summed E-state index contributed by atoms with van der Waals surface area (Å²) in [6.07, 6.45) is 1.79. The van der Waals surface area contributed by atoms with Gasteiger partial charge in [-0.25, -0.2) is 3.93 Å². The predicted octanol–water partition coefficient (Wildman–Crippen LogP) is 1.81. The van der Waals surface area contributed by atoms with Gasteiger partial charge in [-0.2, -0.15) is 0 Å². The Labute approximate surface area is 91.3 Å². The van der Waals surface area contributed by atoms with Gasteiger partial charge in [-0.1, -0.05) is 0 Å². The van der Waals surface area contributed by atoms with Crippen molar-refractivity contribution in [1.29, 1.82) is 0 Å². The molecule has 0 fully saturated rings. The lowest BCUT2D eigenvalue weighted by molar-refractivity contribution is 0.402. The molecule has 14 heavy (non-hydrogen) atoms. The highest BCUT2D eigenvalue weighted by Gasteiger charge is 2.14. The molecule has 0 aromatic heterocycles. The minimum atomic E-state index is -0.0215. The summed E-state index contributed by atoms with van der Waals surface area (Å²) in [7, 11) is 0. The standard InChI is InChI=1S/C10H12BrNO2/c11-12-3-1-7-5-9(13)10(14)6-8(7)2-4-12/h5-6,13-14H,1-4H2. The molecule has 0 atom stereocenters. The zero-order valence-electron chi connectivity index (χ0n) is 7.70. The van der Waals surface area contributed by atoms with Crippen LogP contribution in [0.2, 0.25) is 0 Å². The molecule has 0 saturated carbocycles. The van der Waals surface area contributed by atoms with Gasteiger partial charge < -0.3 is 10.2 Å². The molecule has 1 aromatic rings. The van der Waals surface area contributed by atoms with Gasteiger partial charge in [0.2, 0.25) is 0 Å². The number of fused-ring (bicyclic) bond motifs is 1. The first-order valence-corrected chi connectivity index (χ1v) is 5.32. The van der Waals surface area contributed by atoms with Gasteiger partial charge in [-0.05, 0) is 36.1 Å². The second kappa shape index (κ2) is 3.79. The molecule has 0 bridgehead atoms. The minimum Gasteiger partial charge on any atom is -0.504 e. The Balaban J connectivity index is 2.36. The molecule has 76 valence electrons. The van der Waals surface area contributed by atoms with Crippen LogP contribution in [-0.2, 0) is 12.8 Å². The molecule has 1 heterocycles. The van der Waals surface area contributed by atoms with E-state index in [2.05, 4.69) is 20.1 Å². The zero-order valence-corrected chi connectivity index (χ0v) is 9.29. The number of benzene rings is 1. The van der Waals surface area contributed by atoms with Crippen molar-refractivity contribution in [3.63, 3.8) is 0 Å². The lowest BCUT2D eigenvalue weighted by Gasteiger charge is -2.07. The summed E-state index contributed by atoms with van der Waals surface area (Å²) >= 11 is 3.44. The van der Waals surface area contributed by atoms with Crippen molar-refractivity contribution in [2.24, 2.45) is 0 Å². The second-order valence-electron chi connectivity index (χ2n) is 3.52. The number of halogens is 1. The quantitative estimate of drug-likeness (QED) is 0.551. The second-order valence-corrected chi connectivity index (χ2v) is 4.52. The summed E-state index contributed by atoms with van der Waals surface area (Å²) in [4.78, 5) is 0. The molecular weight excluding hydrogens is 246 g/mol. The van der Waals surface area contributed by atoms with Gasteiger partial charge in [0.05, 0.1) is 0 Å². The molecule has 1 aliphatic rings. The van der Waals surface area contributed by atoms with Crippen LogP contribution in [0, 0.1) is 0 Å². The molecule has 0 radical (unpaired) electrons. The van der Waals surface area contributed by atoms with Gasteiger partial charge in [0, 0.05) is 29.2 Å². The molecule has 0 unspecified atom stereocenters. The van der Waals surface area contributed by atoms with Crippen LogP contribution in [0.3, 0.4) is 0 Å². The summed E-state index contributed by atoms with van der Waals surface area (Å²) in [6, 6.07) is 3.33. The molecule has 0 aliphatic carbocycles. The third-order valence-electron chi connectivity index (χ3n) is 2.54. The van der Waals surface area contributed by atoms with Crippen molar-refractivity contribution in [2.75, 3.05) is 13.1 Å². The number of phenolic OH excluding ortho intramolecular Hbond substituents is 2. The maximum absolute atomic E-state index is 9.36. The van der Waals surface area contributed by atoms with Crippen LogP contribution in [0.4, 0.5) is 0 Å². The van der Waals surface area contributed by atoms with Crippen molar-refractivity contribution in [3.8, 4) is 11.5 Å². The first-order chi connectivity index (χ1) is 6.66. The molecule has 0 amide bonds. The lowest BCUT2D eigenvalue weighted by Crippen LogP contribution is -2.13. The van der Waals surface area contributed by atoms with Gasteiger partial charge in [0.1, 0.15) is 0 Å². The fraction of sp³-hybridized carbons (Fsp3) is 0.400. The van der Waals surface area contributed by atoms with Crippen LogP contribution >= 0.6 is 16.1 Å². The Bertz CT molecular complexity index is 321. The van der Waals surface area contributed by atoms with E-state index in [0.29, 0.717) is 0 Å². The molecule has 0 saturated heterocycles. The first-order valence-electron chi connectivity index (χ1n) is 4.61. The number of phenols is 2. The summed E-state index contributed by atoms with van der Waals surface area (Å²) in [5.41, 5.74) is 2.25. The highest BCUT2D eigenvalue weighted by atomic mass is 79.9. The third-order valence-corrected chi connectivity index (χ3v) is 3.25. The number of hydrogen-bond acceptors (Lipinski definition) is 3. The Morgan fingerprint density at radius 3 is 1.86 bits per heavy atom. The van der Waals surface area contributed by atoms with Crippen molar-refractivity contribution in [2.45, 2.75) is 12.8 Å². The summed E-state index contributed by atoms with van der Waals surface area (Å²) in [5, 5.41) is 18.7. The van der Waals surface area contributed by atoms with E-state index in [1.54, 1.807) is 12.1 Å². The zero-order chi connectivity index (χ0) is 10.1. The van der Waals surface area contributed by atoms with Crippen molar-refractivity contribution >= 4 is 16.1 Å². The Morgan fingerprint density at radius 2 is 1.43 bits per heavy atom. The SMILES string of the molecule is Oc1cc2c(cc1O)CCN(Br)CC2. The monoisotopic (exact) mass is 257 g/mol. The summed E-state index contributed by atoms with van der Waals surface area (Å²) < 4.78 is 2.07. The number of nitrogens with zero attached hydrogens (tertiary/aromatic N) is 1. The highest BCUT2D eigenvalue weighted by molar-refractivity contribution is 9.07. The van der Waals surface area contributed by atoms with Crippen LogP contribution in [0.15, 0.2) is 12.1 Å². The molecule has 2 N–H and O–H groups in total. The van der Waals surface area contributed by atoms with Gasteiger partial charge in [0.25, 0.3) is 0 Å². The van der Waals surface area contributed by atoms with Crippen molar-refractivity contribution < 1.29 is 10.2 Å². The number of hydrogen-bond donors (Lipinski definition) is 2. The van der Waals surface area contributed by atoms with Crippen LogP contribution < -0.4 is 0 Å². The van der Waals surface area contributed by atoms with Gasteiger partial charge in [0.15, 0.2) is 11.5 Å². The molecule has 3 nitrogen and oxygen atoms in total. The lowest BCUT2D eigenvalue weighted by atomic mass is 10.0. The largest absolute Gasteiger partial charge is 0.504 e. The van der Waals surface area contributed by atoms with Crippen LogP contribution in [0.1, 0.15) is 11.1 Å². The highest BCUT2D eigenvalue weighted by Crippen LogP contribution is 2.30. The third kappa shape index (κ3) is 1.86. The van der Waals surface area contributed by atoms with Crippen molar-refractivity contribution in [1.82, 2.24) is 3.93 Å². The topological polar surface area (TPSA) is 43.7 Å². The van der Waals surface area contributed by atoms with Gasteiger partial charge in [-0.3, -0.25) is 0 Å². The Kier molecular flexibility index (Phi) is 2.65. The fourth-order valence-electron chi connectivity index (χ4n) is 1.72. The minimum absolute atomic E-state index is 0.0215. The van der Waals surface area contributed by atoms with E-state index in [0.717, 1.165) is 37.1 Å². The molecule has 2 rings (SSSR count). The molecule has 1 aromatic carbocycles. The number of aromatic hydroxyl groups is 2. The smallest absolute Gasteiger partial charge is 0.157 e. The van der Waals surface area contributed by atoms with Crippen molar-refractivity contribution in [3.05, 3.63) is 23.3 Å². The summed E-state index contributed by atoms with van der Waals surface area (Å²) in [6.45, 7) is 1.86. The van der Waals surface area contributed by atoms with E-state index < -0.39 is 0 Å². The van der Waals surface area contributed by atoms with E-state index in [4.69, 9.17) is 0 Å². The normalized spacial score (nSPS) is 17.5. The molecule has 1 aliphatic heterocycles. The molecule has 4 heteroatoms. The van der Waals surface area contributed by atoms with Crippen LogP contribution in [0.5, 0.6) is 11.5 Å². The molecular formula is C10H12BrNO2. The maximum Gasteiger partial charge on any atom is 0.157 e. The van der Waals surface area contributed by atoms with Gasteiger partial charge >= 0.3 is 0 Å². The van der Waals surface area contributed by atoms with Gasteiger partial charge in [-0.15, -0.1) is 0 Å². The average molecular weight is 258 g/mol. The predicted molar refractivity (Wildman–Crippen MR) is 57.7 cm³/mol. The average Bonchev–Trinajstić information content (AvgIpc) is 2.31. The molecule has 0 spiro atoms.